The van der Waals surface area contributed by atoms with Gasteiger partial charge < -0.3 is 15.8 Å². The van der Waals surface area contributed by atoms with Crippen molar-refractivity contribution < 1.29 is 9.53 Å². The van der Waals surface area contributed by atoms with Gasteiger partial charge >= 0.3 is 0 Å². The lowest BCUT2D eigenvalue weighted by Gasteiger charge is -2.10. The van der Waals surface area contributed by atoms with Crippen molar-refractivity contribution >= 4 is 11.6 Å². The number of ether oxygens (including phenoxy) is 1. The van der Waals surface area contributed by atoms with Crippen molar-refractivity contribution in [1.82, 2.24) is 0 Å². The fraction of sp³-hybridized carbons (Fsp3) is 0.235. The van der Waals surface area contributed by atoms with Gasteiger partial charge in [0.05, 0.1) is 12.7 Å². The van der Waals surface area contributed by atoms with Crippen molar-refractivity contribution in [3.8, 4) is 5.75 Å². The van der Waals surface area contributed by atoms with Crippen LogP contribution in [0.15, 0.2) is 42.5 Å². The van der Waals surface area contributed by atoms with Gasteiger partial charge in [-0.15, -0.1) is 0 Å². The highest BCUT2D eigenvalue weighted by Crippen LogP contribution is 2.21. The maximum Gasteiger partial charge on any atom is 0.259 e. The van der Waals surface area contributed by atoms with E-state index in [0.717, 1.165) is 23.2 Å². The smallest absolute Gasteiger partial charge is 0.259 e. The van der Waals surface area contributed by atoms with Crippen LogP contribution in [0.5, 0.6) is 5.75 Å². The highest BCUT2D eigenvalue weighted by molar-refractivity contribution is 6.06. The van der Waals surface area contributed by atoms with Gasteiger partial charge in [0.15, 0.2) is 0 Å². The van der Waals surface area contributed by atoms with Crippen LogP contribution in [-0.4, -0.2) is 19.6 Å². The van der Waals surface area contributed by atoms with E-state index >= 15 is 0 Å². The lowest BCUT2D eigenvalue weighted by atomic mass is 10.1. The average molecular weight is 284 g/mol. The summed E-state index contributed by atoms with van der Waals surface area (Å²) in [5, 5.41) is 2.88. The van der Waals surface area contributed by atoms with Crippen molar-refractivity contribution in [1.29, 1.82) is 0 Å². The van der Waals surface area contributed by atoms with Gasteiger partial charge in [-0.25, -0.2) is 0 Å². The first-order chi connectivity index (χ1) is 10.1. The molecule has 2 aromatic rings. The van der Waals surface area contributed by atoms with Crippen molar-refractivity contribution in [3.63, 3.8) is 0 Å². The lowest BCUT2D eigenvalue weighted by Crippen LogP contribution is -2.13. The number of rotatable bonds is 5. The van der Waals surface area contributed by atoms with E-state index in [1.807, 2.05) is 43.3 Å². The maximum absolute atomic E-state index is 12.3. The number of nitrogens with two attached hydrogens (primary N) is 1. The molecule has 4 nitrogen and oxygen atoms in total. The van der Waals surface area contributed by atoms with Crippen LogP contribution in [0.25, 0.3) is 0 Å². The molecule has 0 fully saturated rings. The molecule has 0 atom stereocenters. The predicted octanol–water partition coefficient (Wildman–Crippen LogP) is 2.76. The average Bonchev–Trinajstić information content (AvgIpc) is 2.49. The van der Waals surface area contributed by atoms with Crippen LogP contribution in [-0.2, 0) is 6.42 Å². The number of methoxy groups -OCH3 is 1. The van der Waals surface area contributed by atoms with Gasteiger partial charge in [-0.05, 0) is 49.7 Å². The summed E-state index contributed by atoms with van der Waals surface area (Å²) in [6.07, 6.45) is 0.833. The van der Waals surface area contributed by atoms with Crippen LogP contribution in [0.3, 0.4) is 0 Å². The molecule has 0 saturated carbocycles. The molecule has 0 radical (unpaired) electrons. The van der Waals surface area contributed by atoms with Gasteiger partial charge in [0.1, 0.15) is 5.75 Å². The molecule has 0 bridgehead atoms. The van der Waals surface area contributed by atoms with Gasteiger partial charge in [0.25, 0.3) is 5.91 Å². The van der Waals surface area contributed by atoms with Crippen LogP contribution in [0, 0.1) is 6.92 Å². The Bertz CT molecular complexity index is 621. The standard InChI is InChI=1S/C17H20N2O2/c1-12-3-8-16(21-2)15(11-12)17(20)19-14-6-4-13(5-7-14)9-10-18/h3-8,11H,9-10,18H2,1-2H3,(H,19,20). The Kier molecular flexibility index (Phi) is 4.95. The number of carbonyl (C=O) groups excluding carboxylic acids is 1. The third-order valence-electron chi connectivity index (χ3n) is 3.24. The zero-order valence-corrected chi connectivity index (χ0v) is 12.3. The lowest BCUT2D eigenvalue weighted by molar-refractivity contribution is 0.102. The first-order valence-electron chi connectivity index (χ1n) is 6.89. The highest BCUT2D eigenvalue weighted by Gasteiger charge is 2.12. The second-order valence-corrected chi connectivity index (χ2v) is 4.89. The van der Waals surface area contributed by atoms with E-state index < -0.39 is 0 Å². The maximum atomic E-state index is 12.3. The number of benzene rings is 2. The molecule has 0 heterocycles. The molecule has 2 rings (SSSR count). The largest absolute Gasteiger partial charge is 0.496 e. The first-order valence-corrected chi connectivity index (χ1v) is 6.89. The van der Waals surface area contributed by atoms with E-state index in [1.165, 1.54) is 0 Å². The minimum Gasteiger partial charge on any atom is -0.496 e. The molecule has 0 spiro atoms. The molecular formula is C17H20N2O2. The molecule has 0 aliphatic heterocycles. The van der Waals surface area contributed by atoms with E-state index in [0.29, 0.717) is 17.9 Å². The summed E-state index contributed by atoms with van der Waals surface area (Å²) in [4.78, 5) is 12.3. The van der Waals surface area contributed by atoms with Crippen LogP contribution < -0.4 is 15.8 Å². The molecule has 0 aliphatic rings. The number of amides is 1. The number of hydrogen-bond acceptors (Lipinski definition) is 3. The van der Waals surface area contributed by atoms with E-state index in [2.05, 4.69) is 5.32 Å². The zero-order chi connectivity index (χ0) is 15.2. The van der Waals surface area contributed by atoms with Gasteiger partial charge in [-0.1, -0.05) is 23.8 Å². The Morgan fingerprint density at radius 3 is 2.52 bits per heavy atom. The molecule has 21 heavy (non-hydrogen) atoms. The van der Waals surface area contributed by atoms with Gasteiger partial charge in [-0.2, -0.15) is 0 Å². The Morgan fingerprint density at radius 2 is 1.90 bits per heavy atom. The summed E-state index contributed by atoms with van der Waals surface area (Å²) < 4.78 is 5.24. The minimum atomic E-state index is -0.179. The Hall–Kier alpha value is -2.33. The van der Waals surface area contributed by atoms with Crippen molar-refractivity contribution in [2.24, 2.45) is 5.73 Å². The summed E-state index contributed by atoms with van der Waals surface area (Å²) in [7, 11) is 1.56. The van der Waals surface area contributed by atoms with Crippen molar-refractivity contribution in [3.05, 3.63) is 59.2 Å². The summed E-state index contributed by atoms with van der Waals surface area (Å²) in [5.41, 5.74) is 8.97. The first kappa shape index (κ1) is 15.1. The molecule has 0 aromatic heterocycles. The molecule has 110 valence electrons. The van der Waals surface area contributed by atoms with Crippen LogP contribution in [0.2, 0.25) is 0 Å². The van der Waals surface area contributed by atoms with Crippen molar-refractivity contribution in [2.75, 3.05) is 19.0 Å². The molecule has 2 aromatic carbocycles. The summed E-state index contributed by atoms with van der Waals surface area (Å²) >= 11 is 0. The molecule has 3 N–H and O–H groups in total. The summed E-state index contributed by atoms with van der Waals surface area (Å²) in [5.74, 6) is 0.389. The van der Waals surface area contributed by atoms with Gasteiger partial charge in [0, 0.05) is 5.69 Å². The Morgan fingerprint density at radius 1 is 1.19 bits per heavy atom. The van der Waals surface area contributed by atoms with E-state index in [4.69, 9.17) is 10.5 Å². The van der Waals surface area contributed by atoms with E-state index in [-0.39, 0.29) is 5.91 Å². The molecule has 4 heteroatoms. The normalized spacial score (nSPS) is 10.2. The van der Waals surface area contributed by atoms with Crippen LogP contribution in [0.1, 0.15) is 21.5 Å². The van der Waals surface area contributed by atoms with Gasteiger partial charge in [0.2, 0.25) is 0 Å². The SMILES string of the molecule is COc1ccc(C)cc1C(=O)Nc1ccc(CCN)cc1. The van der Waals surface area contributed by atoms with Crippen LogP contribution in [0.4, 0.5) is 5.69 Å². The quantitative estimate of drug-likeness (QED) is 0.887. The second-order valence-electron chi connectivity index (χ2n) is 4.89. The summed E-state index contributed by atoms with van der Waals surface area (Å²) in [6, 6.07) is 13.2. The topological polar surface area (TPSA) is 64.3 Å². The Balaban J connectivity index is 2.15. The number of carbonyl (C=O) groups is 1. The molecular weight excluding hydrogens is 264 g/mol. The monoisotopic (exact) mass is 284 g/mol. The number of anilines is 1. The molecule has 0 unspecified atom stereocenters. The fourth-order valence-corrected chi connectivity index (χ4v) is 2.12. The zero-order valence-electron chi connectivity index (χ0n) is 12.3. The van der Waals surface area contributed by atoms with Crippen LogP contribution >= 0.6 is 0 Å². The number of aryl methyl sites for hydroxylation is 1. The van der Waals surface area contributed by atoms with Gasteiger partial charge in [-0.3, -0.25) is 4.79 Å². The predicted molar refractivity (Wildman–Crippen MR) is 84.9 cm³/mol. The highest BCUT2D eigenvalue weighted by atomic mass is 16.5. The fourth-order valence-electron chi connectivity index (χ4n) is 2.12. The molecule has 0 saturated heterocycles. The minimum absolute atomic E-state index is 0.179. The Labute approximate surface area is 124 Å². The number of nitrogens with one attached hydrogen (secondary N) is 1. The molecule has 1 amide bonds. The van der Waals surface area contributed by atoms with E-state index in [1.54, 1.807) is 13.2 Å². The van der Waals surface area contributed by atoms with Crippen molar-refractivity contribution in [2.45, 2.75) is 13.3 Å². The number of hydrogen-bond donors (Lipinski definition) is 2. The van der Waals surface area contributed by atoms with E-state index in [9.17, 15) is 4.79 Å². The third kappa shape index (κ3) is 3.83. The third-order valence-corrected chi connectivity index (χ3v) is 3.24. The molecule has 0 aliphatic carbocycles. The second kappa shape index (κ2) is 6.90. The summed E-state index contributed by atoms with van der Waals surface area (Å²) in [6.45, 7) is 2.56.